The van der Waals surface area contributed by atoms with E-state index in [-0.39, 0.29) is 23.9 Å². The van der Waals surface area contributed by atoms with Gasteiger partial charge in [0.1, 0.15) is 0 Å². The maximum absolute atomic E-state index is 11.1. The molecule has 0 saturated heterocycles. The summed E-state index contributed by atoms with van der Waals surface area (Å²) in [6.07, 6.45) is 36.0. The molecule has 0 fully saturated rings. The Kier molecular flexibility index (Phi) is 33.8. The standard InChI is InChI=1S/4C13H21NO3/c4*1-11(12-7-5-4-6-8-12)14(2)10-9-13(15)17-16-3/h4*4-5,7,11H,6,8-10H2,1-3H3. The average molecular weight is 957 g/mol. The smallest absolute Gasteiger partial charge is 0.299 e. The molecule has 384 valence electrons. The molecule has 0 saturated carbocycles. The highest BCUT2D eigenvalue weighted by atomic mass is 17.2. The van der Waals surface area contributed by atoms with Crippen LogP contribution in [0.15, 0.2) is 95.2 Å². The fourth-order valence-electron chi connectivity index (χ4n) is 7.39. The van der Waals surface area contributed by atoms with Gasteiger partial charge in [0.25, 0.3) is 0 Å². The zero-order chi connectivity index (χ0) is 50.7. The Balaban J connectivity index is 0.000000453. The molecule has 0 spiro atoms. The Bertz CT molecular complexity index is 1490. The number of hydrogen-bond donors (Lipinski definition) is 0. The molecule has 4 aliphatic rings. The Labute approximate surface area is 407 Å². The van der Waals surface area contributed by atoms with E-state index in [9.17, 15) is 19.2 Å². The summed E-state index contributed by atoms with van der Waals surface area (Å²) in [5, 5.41) is 0. The quantitative estimate of drug-likeness (QED) is 0.0672. The highest BCUT2D eigenvalue weighted by Crippen LogP contribution is 2.22. The van der Waals surface area contributed by atoms with Crippen LogP contribution in [0, 0.1) is 0 Å². The summed E-state index contributed by atoms with van der Waals surface area (Å²) in [5.74, 6) is -1.32. The van der Waals surface area contributed by atoms with Crippen LogP contribution in [-0.4, -0.2) is 150 Å². The Morgan fingerprint density at radius 1 is 0.397 bits per heavy atom. The maximum Gasteiger partial charge on any atom is 0.343 e. The monoisotopic (exact) mass is 957 g/mol. The molecular weight excluding hydrogens is 873 g/mol. The van der Waals surface area contributed by atoms with E-state index in [1.807, 2.05) is 28.2 Å². The molecule has 68 heavy (non-hydrogen) atoms. The van der Waals surface area contributed by atoms with Crippen LogP contribution >= 0.6 is 0 Å². The largest absolute Gasteiger partial charge is 0.343 e. The molecule has 16 heteroatoms. The molecule has 0 aromatic heterocycles. The predicted molar refractivity (Wildman–Crippen MR) is 265 cm³/mol. The van der Waals surface area contributed by atoms with Crippen LogP contribution in [0.2, 0.25) is 0 Å². The number of rotatable bonds is 24. The predicted octanol–water partition coefficient (Wildman–Crippen LogP) is 8.31. The van der Waals surface area contributed by atoms with Gasteiger partial charge in [0, 0.05) is 50.3 Å². The third-order valence-corrected chi connectivity index (χ3v) is 12.4. The van der Waals surface area contributed by atoms with Gasteiger partial charge in [-0.25, -0.2) is 19.2 Å². The molecule has 4 aliphatic carbocycles. The van der Waals surface area contributed by atoms with E-state index in [0.717, 1.165) is 51.4 Å². The number of nitrogens with zero attached hydrogens (tertiary/aromatic N) is 4. The fourth-order valence-corrected chi connectivity index (χ4v) is 7.39. The molecular formula is C52H84N4O12. The van der Waals surface area contributed by atoms with Crippen molar-refractivity contribution in [3.63, 3.8) is 0 Å². The Morgan fingerprint density at radius 2 is 0.588 bits per heavy atom. The van der Waals surface area contributed by atoms with Gasteiger partial charge in [-0.15, -0.1) is 0 Å². The summed E-state index contributed by atoms with van der Waals surface area (Å²) in [5.41, 5.74) is 5.65. The van der Waals surface area contributed by atoms with Gasteiger partial charge in [-0.1, -0.05) is 95.2 Å². The molecule has 0 aromatic rings. The van der Waals surface area contributed by atoms with E-state index in [4.69, 9.17) is 0 Å². The molecule has 4 rings (SSSR count). The first-order valence-electron chi connectivity index (χ1n) is 23.8. The first-order valence-corrected chi connectivity index (χ1v) is 23.8. The van der Waals surface area contributed by atoms with E-state index < -0.39 is 0 Å². The molecule has 0 heterocycles. The van der Waals surface area contributed by atoms with Gasteiger partial charge in [-0.2, -0.15) is 19.6 Å². The highest BCUT2D eigenvalue weighted by molar-refractivity contribution is 5.69. The van der Waals surface area contributed by atoms with Crippen LogP contribution in [0.3, 0.4) is 0 Å². The Hall–Kier alpha value is -4.52. The number of hydrogen-bond acceptors (Lipinski definition) is 16. The van der Waals surface area contributed by atoms with Crippen molar-refractivity contribution in [2.24, 2.45) is 0 Å². The second kappa shape index (κ2) is 37.4. The SMILES string of the molecule is COOC(=O)CCN(C)C(C)C1=CC=CCC1.COOC(=O)CCN(C)C(C)C1=CC=CCC1.COOC(=O)CCN(C)C(C)C1=CC=CCC1.COOC(=O)CCN(C)C(C)C1=CC=CCC1. The average Bonchev–Trinajstić information content (AvgIpc) is 3.36. The van der Waals surface area contributed by atoms with Crippen molar-refractivity contribution in [3.05, 3.63) is 95.2 Å². The molecule has 4 atom stereocenters. The van der Waals surface area contributed by atoms with Crippen LogP contribution in [0.25, 0.3) is 0 Å². The summed E-state index contributed by atoms with van der Waals surface area (Å²) in [7, 11) is 13.4. The first kappa shape index (κ1) is 61.5. The lowest BCUT2D eigenvalue weighted by atomic mass is 9.98. The van der Waals surface area contributed by atoms with Crippen molar-refractivity contribution in [2.45, 2.75) is 129 Å². The lowest BCUT2D eigenvalue weighted by Gasteiger charge is -2.27. The van der Waals surface area contributed by atoms with Crippen molar-refractivity contribution >= 4 is 23.9 Å². The van der Waals surface area contributed by atoms with Gasteiger partial charge in [0.2, 0.25) is 0 Å². The van der Waals surface area contributed by atoms with Gasteiger partial charge in [0.05, 0.1) is 54.1 Å². The van der Waals surface area contributed by atoms with Gasteiger partial charge < -0.3 is 0 Å². The molecule has 0 N–H and O–H groups in total. The normalized spacial score (nSPS) is 16.8. The fraction of sp³-hybridized carbons (Fsp3) is 0.615. The summed E-state index contributed by atoms with van der Waals surface area (Å²) >= 11 is 0. The number of carbonyl (C=O) groups excluding carboxylic acids is 4. The van der Waals surface area contributed by atoms with E-state index in [1.54, 1.807) is 0 Å². The lowest BCUT2D eigenvalue weighted by molar-refractivity contribution is -0.255. The zero-order valence-corrected chi connectivity index (χ0v) is 43.2. The first-order chi connectivity index (χ1) is 32.6. The summed E-state index contributed by atoms with van der Waals surface area (Å²) in [6, 6.07) is 1.43. The summed E-state index contributed by atoms with van der Waals surface area (Å²) in [4.78, 5) is 88.2. The molecule has 0 aromatic carbocycles. The maximum atomic E-state index is 11.1. The zero-order valence-electron chi connectivity index (χ0n) is 43.2. The second-order valence-electron chi connectivity index (χ2n) is 16.9. The number of carbonyl (C=O) groups is 4. The topological polar surface area (TPSA) is 155 Å². The minimum atomic E-state index is -0.330. The third kappa shape index (κ3) is 26.9. The molecule has 16 nitrogen and oxygen atoms in total. The van der Waals surface area contributed by atoms with Gasteiger partial charge in [0.15, 0.2) is 0 Å². The van der Waals surface area contributed by atoms with E-state index in [1.165, 1.54) is 50.7 Å². The van der Waals surface area contributed by atoms with Gasteiger partial charge in [-0.05, 0) is 107 Å². The molecule has 0 aliphatic heterocycles. The van der Waals surface area contributed by atoms with Crippen LogP contribution in [0.4, 0.5) is 0 Å². The van der Waals surface area contributed by atoms with E-state index in [0.29, 0.717) is 76.0 Å². The number of likely N-dealkylation sites (N-methyl/N-ethyl adjacent to an activating group) is 4. The van der Waals surface area contributed by atoms with Crippen molar-refractivity contribution < 1.29 is 58.3 Å². The van der Waals surface area contributed by atoms with Gasteiger partial charge in [-0.3, -0.25) is 39.1 Å². The molecule has 0 radical (unpaired) electrons. The molecule has 4 unspecified atom stereocenters. The van der Waals surface area contributed by atoms with Crippen LogP contribution < -0.4 is 0 Å². The summed E-state index contributed by atoms with van der Waals surface area (Å²) in [6.45, 7) is 11.3. The van der Waals surface area contributed by atoms with Crippen LogP contribution in [0.1, 0.15) is 105 Å². The summed E-state index contributed by atoms with van der Waals surface area (Å²) < 4.78 is 0. The van der Waals surface area contributed by atoms with E-state index in [2.05, 4.69) is 159 Å². The van der Waals surface area contributed by atoms with Crippen LogP contribution in [-0.2, 0) is 58.3 Å². The number of allylic oxidation sites excluding steroid dienone is 12. The minimum absolute atomic E-state index is 0.330. The third-order valence-electron chi connectivity index (χ3n) is 12.4. The minimum Gasteiger partial charge on any atom is -0.299 e. The molecule has 0 bridgehead atoms. The van der Waals surface area contributed by atoms with Crippen LogP contribution in [0.5, 0.6) is 0 Å². The van der Waals surface area contributed by atoms with Crippen molar-refractivity contribution in [1.29, 1.82) is 0 Å². The van der Waals surface area contributed by atoms with Crippen molar-refractivity contribution in [1.82, 2.24) is 19.6 Å². The van der Waals surface area contributed by atoms with Crippen molar-refractivity contribution in [2.75, 3.05) is 82.8 Å². The van der Waals surface area contributed by atoms with E-state index >= 15 is 0 Å². The lowest BCUT2D eigenvalue weighted by Crippen LogP contribution is -2.33. The van der Waals surface area contributed by atoms with Gasteiger partial charge >= 0.3 is 23.9 Å². The highest BCUT2D eigenvalue weighted by Gasteiger charge is 2.20. The van der Waals surface area contributed by atoms with Crippen molar-refractivity contribution in [3.8, 4) is 0 Å². The second-order valence-corrected chi connectivity index (χ2v) is 16.9. The molecule has 0 amide bonds. The Morgan fingerprint density at radius 3 is 0.735 bits per heavy atom.